The summed E-state index contributed by atoms with van der Waals surface area (Å²) in [6.07, 6.45) is 0.443. The fourth-order valence-electron chi connectivity index (χ4n) is 1.16. The maximum atomic E-state index is 10.4. The van der Waals surface area contributed by atoms with Gasteiger partial charge in [0.25, 0.3) is 5.69 Å². The summed E-state index contributed by atoms with van der Waals surface area (Å²) in [5.41, 5.74) is 6.32. The van der Waals surface area contributed by atoms with Gasteiger partial charge < -0.3 is 10.8 Å². The Bertz CT molecular complexity index is 333. The fourth-order valence-corrected chi connectivity index (χ4v) is 1.16. The van der Waals surface area contributed by atoms with Crippen molar-refractivity contribution in [1.29, 1.82) is 0 Å². The van der Waals surface area contributed by atoms with Crippen LogP contribution in [0, 0.1) is 10.1 Å². The number of nitrogens with zero attached hydrogens (tertiary/aromatic N) is 1. The lowest BCUT2D eigenvalue weighted by Gasteiger charge is -2.06. The zero-order chi connectivity index (χ0) is 10.6. The minimum atomic E-state index is -0.450. The largest absolute Gasteiger partial charge is 0.395 e. The zero-order valence-electron chi connectivity index (χ0n) is 8.00. The summed E-state index contributed by atoms with van der Waals surface area (Å²) in [7, 11) is 0. The van der Waals surface area contributed by atoms with Gasteiger partial charge in [0.05, 0.1) is 11.5 Å². The molecule has 15 heavy (non-hydrogen) atoms. The molecule has 1 rings (SSSR count). The topological polar surface area (TPSA) is 89.4 Å². The molecule has 0 aliphatic heterocycles. The highest BCUT2D eigenvalue weighted by Crippen LogP contribution is 2.13. The number of halogens is 1. The smallest absolute Gasteiger partial charge is 0.269 e. The van der Waals surface area contributed by atoms with Crippen LogP contribution in [0.4, 0.5) is 5.69 Å². The number of hydrogen-bond acceptors (Lipinski definition) is 4. The van der Waals surface area contributed by atoms with Crippen LogP contribution in [0.3, 0.4) is 0 Å². The number of rotatable bonds is 4. The van der Waals surface area contributed by atoms with E-state index in [1.54, 1.807) is 12.1 Å². The molecule has 3 N–H and O–H groups in total. The van der Waals surface area contributed by atoms with Gasteiger partial charge in [-0.2, -0.15) is 0 Å². The number of nitrogens with two attached hydrogens (primary N) is 1. The first kappa shape index (κ1) is 13.8. The Morgan fingerprint density at radius 1 is 1.53 bits per heavy atom. The van der Waals surface area contributed by atoms with E-state index >= 15 is 0 Å². The lowest BCUT2D eigenvalue weighted by atomic mass is 10.1. The van der Waals surface area contributed by atoms with Gasteiger partial charge in [0, 0.05) is 18.2 Å². The van der Waals surface area contributed by atoms with Gasteiger partial charge in [0.1, 0.15) is 0 Å². The van der Waals surface area contributed by atoms with Crippen molar-refractivity contribution < 1.29 is 10.0 Å². The minimum absolute atomic E-state index is 0. The van der Waals surface area contributed by atoms with Gasteiger partial charge >= 0.3 is 0 Å². The molecule has 5 nitrogen and oxygen atoms in total. The van der Waals surface area contributed by atoms with Gasteiger partial charge in [0.2, 0.25) is 0 Å². The molecule has 0 aromatic heterocycles. The molecule has 0 radical (unpaired) electrons. The maximum Gasteiger partial charge on any atom is 0.269 e. The van der Waals surface area contributed by atoms with E-state index in [4.69, 9.17) is 10.8 Å². The van der Waals surface area contributed by atoms with Gasteiger partial charge in [0.15, 0.2) is 0 Å². The van der Waals surface area contributed by atoms with Crippen molar-refractivity contribution in [3.8, 4) is 0 Å². The molecular formula is C9H13ClN2O3. The lowest BCUT2D eigenvalue weighted by molar-refractivity contribution is -0.384. The van der Waals surface area contributed by atoms with Gasteiger partial charge in [-0.3, -0.25) is 10.1 Å². The van der Waals surface area contributed by atoms with Gasteiger partial charge in [-0.05, 0) is 12.0 Å². The normalized spacial score (nSPS) is 11.6. The molecule has 1 aromatic rings. The molecule has 0 bridgehead atoms. The Morgan fingerprint density at radius 2 is 2.20 bits per heavy atom. The van der Waals surface area contributed by atoms with Crippen LogP contribution in [-0.4, -0.2) is 22.7 Å². The molecule has 84 valence electrons. The molecule has 0 spiro atoms. The first-order valence-electron chi connectivity index (χ1n) is 4.23. The summed E-state index contributed by atoms with van der Waals surface area (Å²) in [6.45, 7) is -0.122. The first-order chi connectivity index (χ1) is 6.63. The summed E-state index contributed by atoms with van der Waals surface area (Å²) >= 11 is 0. The second-order valence-corrected chi connectivity index (χ2v) is 3.07. The molecule has 0 saturated heterocycles. The average Bonchev–Trinajstić information content (AvgIpc) is 2.18. The third-order valence-electron chi connectivity index (χ3n) is 1.85. The molecule has 0 amide bonds. The molecular weight excluding hydrogens is 220 g/mol. The van der Waals surface area contributed by atoms with E-state index in [9.17, 15) is 10.1 Å². The lowest BCUT2D eigenvalue weighted by Crippen LogP contribution is -2.26. The molecule has 0 aliphatic rings. The van der Waals surface area contributed by atoms with Crippen molar-refractivity contribution in [3.05, 3.63) is 39.9 Å². The summed E-state index contributed by atoms with van der Waals surface area (Å²) in [5.74, 6) is 0. The van der Waals surface area contributed by atoms with Crippen LogP contribution in [-0.2, 0) is 6.42 Å². The Hall–Kier alpha value is -1.17. The van der Waals surface area contributed by atoms with E-state index in [0.29, 0.717) is 6.42 Å². The number of nitro benzene ring substituents is 1. The Labute approximate surface area is 93.5 Å². The van der Waals surface area contributed by atoms with Crippen LogP contribution >= 0.6 is 12.4 Å². The van der Waals surface area contributed by atoms with Crippen molar-refractivity contribution in [2.24, 2.45) is 5.73 Å². The summed E-state index contributed by atoms with van der Waals surface area (Å²) in [6, 6.07) is 5.89. The number of hydrogen-bond donors (Lipinski definition) is 2. The number of aliphatic hydroxyl groups is 1. The maximum absolute atomic E-state index is 10.4. The molecule has 6 heteroatoms. The van der Waals surface area contributed by atoms with Crippen LogP contribution in [0.15, 0.2) is 24.3 Å². The standard InChI is InChI=1S/C9H12N2O3.ClH/c10-8(6-12)4-7-2-1-3-9(5-7)11(13)14;/h1-3,5,8,12H,4,6,10H2;1H/t8-;/m0./s1. The molecule has 0 fully saturated rings. The highest BCUT2D eigenvalue weighted by molar-refractivity contribution is 5.85. The molecule has 0 heterocycles. The van der Waals surface area contributed by atoms with E-state index in [2.05, 4.69) is 0 Å². The Morgan fingerprint density at radius 3 is 2.73 bits per heavy atom. The highest BCUT2D eigenvalue weighted by Gasteiger charge is 2.07. The SMILES string of the molecule is Cl.N[C@H](CO)Cc1cccc([N+](=O)[O-])c1. The second kappa shape index (κ2) is 6.34. The van der Waals surface area contributed by atoms with Crippen LogP contribution in [0.2, 0.25) is 0 Å². The molecule has 0 unspecified atom stereocenters. The van der Waals surface area contributed by atoms with E-state index < -0.39 is 4.92 Å². The third kappa shape index (κ3) is 4.24. The average molecular weight is 233 g/mol. The summed E-state index contributed by atoms with van der Waals surface area (Å²) < 4.78 is 0. The van der Waals surface area contributed by atoms with Gasteiger partial charge in [-0.25, -0.2) is 0 Å². The van der Waals surface area contributed by atoms with Crippen LogP contribution in [0.1, 0.15) is 5.56 Å². The van der Waals surface area contributed by atoms with E-state index in [1.807, 2.05) is 0 Å². The van der Waals surface area contributed by atoms with Gasteiger partial charge in [-0.15, -0.1) is 12.4 Å². The molecule has 0 saturated carbocycles. The number of nitro groups is 1. The zero-order valence-corrected chi connectivity index (χ0v) is 8.81. The fraction of sp³-hybridized carbons (Fsp3) is 0.333. The van der Waals surface area contributed by atoms with Crippen molar-refractivity contribution in [1.82, 2.24) is 0 Å². The Kier molecular flexibility index (Phi) is 5.84. The summed E-state index contributed by atoms with van der Waals surface area (Å²) in [4.78, 5) is 9.98. The Balaban J connectivity index is 0.00000196. The first-order valence-corrected chi connectivity index (χ1v) is 4.23. The monoisotopic (exact) mass is 232 g/mol. The molecule has 1 aromatic carbocycles. The predicted octanol–water partition coefficient (Wildman–Crippen LogP) is 0.879. The minimum Gasteiger partial charge on any atom is -0.395 e. The number of benzene rings is 1. The quantitative estimate of drug-likeness (QED) is 0.596. The van der Waals surface area contributed by atoms with E-state index in [0.717, 1.165) is 5.56 Å². The third-order valence-corrected chi connectivity index (χ3v) is 1.85. The predicted molar refractivity (Wildman–Crippen MR) is 59.1 cm³/mol. The van der Waals surface area contributed by atoms with Crippen molar-refractivity contribution in [3.63, 3.8) is 0 Å². The second-order valence-electron chi connectivity index (χ2n) is 3.07. The van der Waals surface area contributed by atoms with E-state index in [1.165, 1.54) is 12.1 Å². The van der Waals surface area contributed by atoms with Crippen molar-refractivity contribution in [2.75, 3.05) is 6.61 Å². The van der Waals surface area contributed by atoms with Crippen LogP contribution < -0.4 is 5.73 Å². The number of aliphatic hydroxyl groups excluding tert-OH is 1. The molecule has 1 atom stereocenters. The van der Waals surface area contributed by atoms with E-state index in [-0.39, 0.29) is 30.7 Å². The summed E-state index contributed by atoms with van der Waals surface area (Å²) in [5, 5.41) is 19.1. The van der Waals surface area contributed by atoms with Gasteiger partial charge in [-0.1, -0.05) is 12.1 Å². The number of non-ortho nitro benzene ring substituents is 1. The van der Waals surface area contributed by atoms with Crippen molar-refractivity contribution in [2.45, 2.75) is 12.5 Å². The van der Waals surface area contributed by atoms with Crippen LogP contribution in [0.25, 0.3) is 0 Å². The molecule has 0 aliphatic carbocycles. The van der Waals surface area contributed by atoms with Crippen molar-refractivity contribution >= 4 is 18.1 Å². The van der Waals surface area contributed by atoms with Crippen LogP contribution in [0.5, 0.6) is 0 Å². The highest BCUT2D eigenvalue weighted by atomic mass is 35.5.